The number of carbonyl (C=O) groups is 2. The molecule has 0 bridgehead atoms. The second-order valence-corrected chi connectivity index (χ2v) is 6.57. The SMILES string of the molecule is CC(C)Oc1ccc(/C=C2/SC(=S)N(CC(=O)O)C2=O)cc1. The van der Waals surface area contributed by atoms with Gasteiger partial charge >= 0.3 is 5.97 Å². The van der Waals surface area contributed by atoms with Crippen LogP contribution in [-0.4, -0.2) is 38.9 Å². The number of carboxylic acid groups (broad SMARTS) is 1. The molecule has 0 atom stereocenters. The Hall–Kier alpha value is -1.86. The Balaban J connectivity index is 2.14. The van der Waals surface area contributed by atoms with E-state index in [0.29, 0.717) is 4.91 Å². The minimum absolute atomic E-state index is 0.0955. The Bertz CT molecular complexity index is 637. The number of rotatable bonds is 5. The Morgan fingerprint density at radius 2 is 2.05 bits per heavy atom. The highest BCUT2D eigenvalue weighted by atomic mass is 32.2. The molecular formula is C15H15NO4S2. The van der Waals surface area contributed by atoms with Crippen molar-refractivity contribution in [2.24, 2.45) is 0 Å². The molecule has 0 unspecified atom stereocenters. The van der Waals surface area contributed by atoms with Crippen molar-refractivity contribution in [3.8, 4) is 5.75 Å². The van der Waals surface area contributed by atoms with E-state index in [-0.39, 0.29) is 16.3 Å². The lowest BCUT2D eigenvalue weighted by molar-refractivity contribution is -0.140. The summed E-state index contributed by atoms with van der Waals surface area (Å²) < 4.78 is 5.81. The topological polar surface area (TPSA) is 66.8 Å². The maximum absolute atomic E-state index is 12.1. The summed E-state index contributed by atoms with van der Waals surface area (Å²) in [6, 6.07) is 7.32. The van der Waals surface area contributed by atoms with Gasteiger partial charge in [-0.1, -0.05) is 36.1 Å². The van der Waals surface area contributed by atoms with Crippen molar-refractivity contribution in [3.63, 3.8) is 0 Å². The van der Waals surface area contributed by atoms with Crippen LogP contribution in [-0.2, 0) is 9.59 Å². The molecule has 1 fully saturated rings. The zero-order valence-corrected chi connectivity index (χ0v) is 13.7. The van der Waals surface area contributed by atoms with Gasteiger partial charge in [0.05, 0.1) is 11.0 Å². The molecule has 1 aromatic carbocycles. The van der Waals surface area contributed by atoms with Crippen LogP contribution in [0.4, 0.5) is 0 Å². The zero-order chi connectivity index (χ0) is 16.3. The predicted octanol–water partition coefficient (Wildman–Crippen LogP) is 2.76. The lowest BCUT2D eigenvalue weighted by Gasteiger charge is -2.10. The Morgan fingerprint density at radius 3 is 2.59 bits per heavy atom. The van der Waals surface area contributed by atoms with Crippen LogP contribution >= 0.6 is 24.0 Å². The predicted molar refractivity (Wildman–Crippen MR) is 89.7 cm³/mol. The number of benzene rings is 1. The first-order chi connectivity index (χ1) is 10.4. The van der Waals surface area contributed by atoms with Gasteiger partial charge in [-0.2, -0.15) is 0 Å². The van der Waals surface area contributed by atoms with Crippen molar-refractivity contribution < 1.29 is 19.4 Å². The molecule has 0 spiro atoms. The van der Waals surface area contributed by atoms with E-state index in [1.807, 2.05) is 38.1 Å². The highest BCUT2D eigenvalue weighted by Crippen LogP contribution is 2.32. The molecule has 7 heteroatoms. The highest BCUT2D eigenvalue weighted by Gasteiger charge is 2.33. The molecule has 1 amide bonds. The van der Waals surface area contributed by atoms with E-state index in [0.717, 1.165) is 28.0 Å². The van der Waals surface area contributed by atoms with E-state index in [1.165, 1.54) is 0 Å². The summed E-state index contributed by atoms with van der Waals surface area (Å²) in [5, 5.41) is 8.79. The number of thiocarbonyl (C=S) groups is 1. The minimum atomic E-state index is -1.09. The fourth-order valence-corrected chi connectivity index (χ4v) is 3.09. The maximum Gasteiger partial charge on any atom is 0.323 e. The second kappa shape index (κ2) is 6.93. The van der Waals surface area contributed by atoms with Crippen molar-refractivity contribution in [3.05, 3.63) is 34.7 Å². The monoisotopic (exact) mass is 337 g/mol. The summed E-state index contributed by atoms with van der Waals surface area (Å²) in [6.07, 6.45) is 1.79. The molecule has 0 radical (unpaired) electrons. The first-order valence-electron chi connectivity index (χ1n) is 6.60. The third kappa shape index (κ3) is 4.08. The van der Waals surface area contributed by atoms with Gasteiger partial charge in [-0.25, -0.2) is 0 Å². The lowest BCUT2D eigenvalue weighted by Crippen LogP contribution is -2.33. The first-order valence-corrected chi connectivity index (χ1v) is 7.83. The number of ether oxygens (including phenoxy) is 1. The van der Waals surface area contributed by atoms with E-state index < -0.39 is 12.5 Å². The quantitative estimate of drug-likeness (QED) is 0.658. The largest absolute Gasteiger partial charge is 0.491 e. The number of aliphatic carboxylic acids is 1. The average Bonchev–Trinajstić information content (AvgIpc) is 2.68. The fourth-order valence-electron chi connectivity index (χ4n) is 1.84. The van der Waals surface area contributed by atoms with Crippen LogP contribution in [0.3, 0.4) is 0 Å². The molecule has 116 valence electrons. The molecule has 1 N–H and O–H groups in total. The Kier molecular flexibility index (Phi) is 5.20. The molecule has 1 aromatic rings. The van der Waals surface area contributed by atoms with Crippen molar-refractivity contribution in [2.75, 3.05) is 6.54 Å². The molecule has 1 saturated heterocycles. The van der Waals surface area contributed by atoms with Gasteiger partial charge < -0.3 is 9.84 Å². The molecule has 5 nitrogen and oxygen atoms in total. The molecule has 2 rings (SSSR count). The molecule has 0 aliphatic carbocycles. The van der Waals surface area contributed by atoms with Gasteiger partial charge in [-0.15, -0.1) is 0 Å². The molecule has 0 saturated carbocycles. The molecule has 1 aliphatic heterocycles. The fraction of sp³-hybridized carbons (Fsp3) is 0.267. The number of hydrogen-bond donors (Lipinski definition) is 1. The maximum atomic E-state index is 12.1. The summed E-state index contributed by atoms with van der Waals surface area (Å²) in [6.45, 7) is 3.48. The minimum Gasteiger partial charge on any atom is -0.491 e. The smallest absolute Gasteiger partial charge is 0.323 e. The number of hydrogen-bond acceptors (Lipinski definition) is 5. The Labute approximate surface area is 137 Å². The average molecular weight is 337 g/mol. The van der Waals surface area contributed by atoms with Crippen LogP contribution < -0.4 is 4.74 Å². The molecule has 1 heterocycles. The van der Waals surface area contributed by atoms with Crippen LogP contribution in [0.1, 0.15) is 19.4 Å². The van der Waals surface area contributed by atoms with Crippen molar-refractivity contribution in [2.45, 2.75) is 20.0 Å². The molecule has 22 heavy (non-hydrogen) atoms. The van der Waals surface area contributed by atoms with Crippen LogP contribution in [0.5, 0.6) is 5.75 Å². The van der Waals surface area contributed by atoms with Gasteiger partial charge in [-0.3, -0.25) is 14.5 Å². The van der Waals surface area contributed by atoms with E-state index in [1.54, 1.807) is 6.08 Å². The van der Waals surface area contributed by atoms with Crippen LogP contribution in [0.2, 0.25) is 0 Å². The Morgan fingerprint density at radius 1 is 1.41 bits per heavy atom. The zero-order valence-electron chi connectivity index (χ0n) is 12.1. The van der Waals surface area contributed by atoms with Crippen molar-refractivity contribution >= 4 is 46.3 Å². The van der Waals surface area contributed by atoms with Gasteiger partial charge in [0.25, 0.3) is 5.91 Å². The van der Waals surface area contributed by atoms with Gasteiger partial charge in [0.2, 0.25) is 0 Å². The van der Waals surface area contributed by atoms with E-state index in [2.05, 4.69) is 0 Å². The third-order valence-electron chi connectivity index (χ3n) is 2.72. The summed E-state index contributed by atoms with van der Waals surface area (Å²) >= 11 is 6.15. The van der Waals surface area contributed by atoms with Crippen molar-refractivity contribution in [1.82, 2.24) is 4.90 Å². The number of thioether (sulfide) groups is 1. The number of carboxylic acids is 1. The molecule has 1 aliphatic rings. The third-order valence-corrected chi connectivity index (χ3v) is 4.09. The normalized spacial score (nSPS) is 16.7. The number of carbonyl (C=O) groups excluding carboxylic acids is 1. The van der Waals surface area contributed by atoms with Gasteiger partial charge in [-0.05, 0) is 37.6 Å². The van der Waals surface area contributed by atoms with Crippen LogP contribution in [0, 0.1) is 0 Å². The summed E-state index contributed by atoms with van der Waals surface area (Å²) in [5.74, 6) is -0.710. The van der Waals surface area contributed by atoms with Crippen molar-refractivity contribution in [1.29, 1.82) is 0 Å². The first kappa shape index (κ1) is 16.5. The lowest BCUT2D eigenvalue weighted by atomic mass is 10.2. The van der Waals surface area contributed by atoms with Gasteiger partial charge in [0, 0.05) is 0 Å². The summed E-state index contributed by atoms with van der Waals surface area (Å²) in [7, 11) is 0. The van der Waals surface area contributed by atoms with E-state index in [4.69, 9.17) is 22.1 Å². The van der Waals surface area contributed by atoms with Gasteiger partial charge in [0.15, 0.2) is 0 Å². The van der Waals surface area contributed by atoms with Crippen LogP contribution in [0.15, 0.2) is 29.2 Å². The standard InChI is InChI=1S/C15H15NO4S2/c1-9(2)20-11-5-3-10(4-6-11)7-12-14(19)16(8-13(17)18)15(21)22-12/h3-7,9H,8H2,1-2H3,(H,17,18)/b12-7+. The summed E-state index contributed by atoms with van der Waals surface area (Å²) in [5.41, 5.74) is 0.826. The van der Waals surface area contributed by atoms with E-state index >= 15 is 0 Å². The number of nitrogens with zero attached hydrogens (tertiary/aromatic N) is 1. The molecule has 0 aromatic heterocycles. The molecular weight excluding hydrogens is 322 g/mol. The van der Waals surface area contributed by atoms with Crippen LogP contribution in [0.25, 0.3) is 6.08 Å². The highest BCUT2D eigenvalue weighted by molar-refractivity contribution is 8.26. The van der Waals surface area contributed by atoms with Gasteiger partial charge in [0.1, 0.15) is 16.6 Å². The number of amides is 1. The van der Waals surface area contributed by atoms with E-state index in [9.17, 15) is 9.59 Å². The second-order valence-electron chi connectivity index (χ2n) is 4.90. The summed E-state index contributed by atoms with van der Waals surface area (Å²) in [4.78, 5) is 24.4.